The van der Waals surface area contributed by atoms with Crippen LogP contribution in [0.2, 0.25) is 5.02 Å². The van der Waals surface area contributed by atoms with Crippen molar-refractivity contribution in [1.29, 1.82) is 0 Å². The molecule has 0 spiro atoms. The van der Waals surface area contributed by atoms with Crippen molar-refractivity contribution in [3.63, 3.8) is 0 Å². The summed E-state index contributed by atoms with van der Waals surface area (Å²) in [6, 6.07) is 7.55. The molecule has 0 atom stereocenters. The maximum absolute atomic E-state index is 6.16. The third-order valence-electron chi connectivity index (χ3n) is 2.82. The van der Waals surface area contributed by atoms with Gasteiger partial charge in [0.15, 0.2) is 5.16 Å². The van der Waals surface area contributed by atoms with Gasteiger partial charge in [-0.3, -0.25) is 5.43 Å². The monoisotopic (exact) mass is 324 g/mol. The van der Waals surface area contributed by atoms with Crippen LogP contribution >= 0.6 is 23.4 Å². The number of rotatable bonds is 6. The number of nitrogen functional groups attached to an aromatic ring is 1. The van der Waals surface area contributed by atoms with Crippen molar-refractivity contribution in [2.75, 3.05) is 23.4 Å². The van der Waals surface area contributed by atoms with Gasteiger partial charge in [-0.15, -0.1) is 0 Å². The Morgan fingerprint density at radius 1 is 1.19 bits per heavy atom. The highest BCUT2D eigenvalue weighted by molar-refractivity contribution is 7.99. The Morgan fingerprint density at radius 3 is 2.52 bits per heavy atom. The predicted octanol–water partition coefficient (Wildman–Crippen LogP) is 2.81. The molecular formula is C13H17ClN6S. The van der Waals surface area contributed by atoms with E-state index in [1.807, 2.05) is 43.0 Å². The lowest BCUT2D eigenvalue weighted by Gasteiger charge is -2.19. The zero-order valence-electron chi connectivity index (χ0n) is 11.9. The first-order valence-corrected chi connectivity index (χ1v) is 7.77. The van der Waals surface area contributed by atoms with Crippen LogP contribution in [0.15, 0.2) is 34.3 Å². The molecule has 0 fully saturated rings. The van der Waals surface area contributed by atoms with Crippen LogP contribution in [-0.2, 0) is 0 Å². The summed E-state index contributed by atoms with van der Waals surface area (Å²) in [6.45, 7) is 5.70. The van der Waals surface area contributed by atoms with Crippen molar-refractivity contribution < 1.29 is 0 Å². The number of aromatic nitrogens is 3. The van der Waals surface area contributed by atoms with Crippen LogP contribution in [0.3, 0.4) is 0 Å². The first-order chi connectivity index (χ1) is 10.2. The van der Waals surface area contributed by atoms with E-state index in [0.29, 0.717) is 22.1 Å². The molecular weight excluding hydrogens is 308 g/mol. The first-order valence-electron chi connectivity index (χ1n) is 6.58. The van der Waals surface area contributed by atoms with E-state index in [1.165, 1.54) is 11.8 Å². The highest BCUT2D eigenvalue weighted by Crippen LogP contribution is 2.31. The van der Waals surface area contributed by atoms with E-state index < -0.39 is 0 Å². The molecule has 0 bridgehead atoms. The normalized spacial score (nSPS) is 10.5. The van der Waals surface area contributed by atoms with Gasteiger partial charge >= 0.3 is 0 Å². The van der Waals surface area contributed by atoms with E-state index in [1.54, 1.807) is 0 Å². The molecule has 0 aliphatic carbocycles. The molecule has 2 rings (SSSR count). The lowest BCUT2D eigenvalue weighted by molar-refractivity contribution is 0.783. The average Bonchev–Trinajstić information content (AvgIpc) is 2.50. The van der Waals surface area contributed by atoms with Crippen molar-refractivity contribution in [2.45, 2.75) is 23.9 Å². The number of halogens is 1. The molecule has 0 saturated carbocycles. The Balaban J connectivity index is 2.35. The van der Waals surface area contributed by atoms with Gasteiger partial charge in [0.2, 0.25) is 11.9 Å². The Hall–Kier alpha value is -1.57. The molecule has 0 unspecified atom stereocenters. The van der Waals surface area contributed by atoms with Crippen LogP contribution in [-0.4, -0.2) is 28.0 Å². The van der Waals surface area contributed by atoms with Crippen LogP contribution in [0.25, 0.3) is 0 Å². The zero-order valence-corrected chi connectivity index (χ0v) is 13.4. The molecule has 2 aromatic rings. The van der Waals surface area contributed by atoms with E-state index >= 15 is 0 Å². The molecule has 0 radical (unpaired) electrons. The summed E-state index contributed by atoms with van der Waals surface area (Å²) < 4.78 is 0. The van der Waals surface area contributed by atoms with E-state index in [4.69, 9.17) is 17.4 Å². The standard InChI is InChI=1S/C13H17ClN6S/c1-3-20(4-2)12-16-11(19-15)17-13(18-12)21-10-8-6-5-7-9(10)14/h5-8H,3-4,15H2,1-2H3,(H,16,17,18,19). The minimum absolute atomic E-state index is 0.335. The topological polar surface area (TPSA) is 80.0 Å². The van der Waals surface area contributed by atoms with E-state index in [2.05, 4.69) is 20.4 Å². The summed E-state index contributed by atoms with van der Waals surface area (Å²) in [5, 5.41) is 1.21. The summed E-state index contributed by atoms with van der Waals surface area (Å²) in [7, 11) is 0. The highest BCUT2D eigenvalue weighted by atomic mass is 35.5. The smallest absolute Gasteiger partial charge is 0.242 e. The number of hydrazine groups is 1. The summed E-state index contributed by atoms with van der Waals surface area (Å²) in [6.07, 6.45) is 0. The minimum atomic E-state index is 0.335. The predicted molar refractivity (Wildman–Crippen MR) is 86.8 cm³/mol. The summed E-state index contributed by atoms with van der Waals surface area (Å²) in [4.78, 5) is 15.9. The molecule has 0 saturated heterocycles. The third kappa shape index (κ3) is 3.96. The van der Waals surface area contributed by atoms with E-state index in [9.17, 15) is 0 Å². The van der Waals surface area contributed by atoms with Crippen LogP contribution in [0.1, 0.15) is 13.8 Å². The van der Waals surface area contributed by atoms with Gasteiger partial charge in [-0.1, -0.05) is 23.7 Å². The molecule has 112 valence electrons. The van der Waals surface area contributed by atoms with Crippen LogP contribution < -0.4 is 16.2 Å². The van der Waals surface area contributed by atoms with Crippen LogP contribution in [0.5, 0.6) is 0 Å². The maximum atomic E-state index is 6.16. The second kappa shape index (κ2) is 7.44. The molecule has 8 heteroatoms. The quantitative estimate of drug-likeness (QED) is 0.624. The van der Waals surface area contributed by atoms with E-state index in [0.717, 1.165) is 18.0 Å². The molecule has 1 heterocycles. The number of nitrogens with one attached hydrogen (secondary N) is 1. The number of benzene rings is 1. The molecule has 1 aromatic carbocycles. The molecule has 21 heavy (non-hydrogen) atoms. The molecule has 0 amide bonds. The Labute approximate surface area is 133 Å². The Kier molecular flexibility index (Phi) is 5.60. The second-order valence-electron chi connectivity index (χ2n) is 4.09. The fourth-order valence-electron chi connectivity index (χ4n) is 1.73. The van der Waals surface area contributed by atoms with Crippen molar-refractivity contribution in [1.82, 2.24) is 15.0 Å². The van der Waals surface area contributed by atoms with Crippen LogP contribution in [0.4, 0.5) is 11.9 Å². The Morgan fingerprint density at radius 2 is 1.90 bits per heavy atom. The van der Waals surface area contributed by atoms with Gasteiger partial charge < -0.3 is 4.90 Å². The first kappa shape index (κ1) is 15.8. The van der Waals surface area contributed by atoms with Crippen molar-refractivity contribution in [3.8, 4) is 0 Å². The van der Waals surface area contributed by atoms with Gasteiger partial charge in [-0.05, 0) is 37.7 Å². The molecule has 0 aliphatic rings. The number of hydrogen-bond donors (Lipinski definition) is 2. The van der Waals surface area contributed by atoms with Gasteiger partial charge in [-0.25, -0.2) is 5.84 Å². The Bertz CT molecular complexity index is 605. The molecule has 6 nitrogen and oxygen atoms in total. The molecule has 0 aliphatic heterocycles. The number of anilines is 2. The lowest BCUT2D eigenvalue weighted by atomic mass is 10.4. The SMILES string of the molecule is CCN(CC)c1nc(NN)nc(Sc2ccccc2Cl)n1. The summed E-state index contributed by atoms with van der Waals surface area (Å²) >= 11 is 7.54. The highest BCUT2D eigenvalue weighted by Gasteiger charge is 2.12. The fraction of sp³-hybridized carbons (Fsp3) is 0.308. The van der Waals surface area contributed by atoms with Crippen molar-refractivity contribution >= 4 is 35.3 Å². The van der Waals surface area contributed by atoms with E-state index in [-0.39, 0.29) is 0 Å². The largest absolute Gasteiger partial charge is 0.341 e. The summed E-state index contributed by atoms with van der Waals surface area (Å²) in [5.74, 6) is 6.37. The molecule has 3 N–H and O–H groups in total. The second-order valence-corrected chi connectivity index (χ2v) is 5.51. The van der Waals surface area contributed by atoms with Gasteiger partial charge in [0, 0.05) is 18.0 Å². The minimum Gasteiger partial charge on any atom is -0.341 e. The van der Waals surface area contributed by atoms with Crippen molar-refractivity contribution in [3.05, 3.63) is 29.3 Å². The zero-order chi connectivity index (χ0) is 15.2. The summed E-state index contributed by atoms with van der Waals surface area (Å²) in [5.41, 5.74) is 2.48. The maximum Gasteiger partial charge on any atom is 0.242 e. The average molecular weight is 325 g/mol. The van der Waals surface area contributed by atoms with Crippen LogP contribution in [0, 0.1) is 0 Å². The fourth-order valence-corrected chi connectivity index (χ4v) is 2.75. The van der Waals surface area contributed by atoms with Gasteiger partial charge in [0.25, 0.3) is 0 Å². The van der Waals surface area contributed by atoms with Gasteiger partial charge in [-0.2, -0.15) is 15.0 Å². The van der Waals surface area contributed by atoms with Crippen molar-refractivity contribution in [2.24, 2.45) is 5.84 Å². The lowest BCUT2D eigenvalue weighted by Crippen LogP contribution is -2.25. The van der Waals surface area contributed by atoms with Gasteiger partial charge in [0.1, 0.15) is 0 Å². The number of hydrogen-bond acceptors (Lipinski definition) is 7. The molecule has 1 aromatic heterocycles. The van der Waals surface area contributed by atoms with Gasteiger partial charge in [0.05, 0.1) is 5.02 Å². The number of nitrogens with zero attached hydrogens (tertiary/aromatic N) is 4. The number of nitrogens with two attached hydrogens (primary N) is 1. The third-order valence-corrected chi connectivity index (χ3v) is 4.20.